The SMILES string of the molecule is O=C1CCCCN1c1ccc(C#CCNS(=O)(=O)Cc2ccc(F)cc2)cc1. The van der Waals surface area contributed by atoms with E-state index in [-0.39, 0.29) is 18.2 Å². The van der Waals surface area contributed by atoms with Crippen LogP contribution in [0.15, 0.2) is 48.5 Å². The van der Waals surface area contributed by atoms with Crippen molar-refractivity contribution in [1.29, 1.82) is 0 Å². The highest BCUT2D eigenvalue weighted by Crippen LogP contribution is 2.21. The van der Waals surface area contributed by atoms with Crippen LogP contribution in [0.1, 0.15) is 30.4 Å². The predicted octanol–water partition coefficient (Wildman–Crippen LogP) is 2.81. The molecule has 2 aromatic rings. The number of sulfonamides is 1. The van der Waals surface area contributed by atoms with Crippen LogP contribution in [0.2, 0.25) is 0 Å². The predicted molar refractivity (Wildman–Crippen MR) is 107 cm³/mol. The summed E-state index contributed by atoms with van der Waals surface area (Å²) in [7, 11) is -3.55. The maximum Gasteiger partial charge on any atom is 0.226 e. The molecule has 28 heavy (non-hydrogen) atoms. The summed E-state index contributed by atoms with van der Waals surface area (Å²) in [6.45, 7) is 0.718. The topological polar surface area (TPSA) is 66.5 Å². The van der Waals surface area contributed by atoms with Gasteiger partial charge in [0, 0.05) is 24.2 Å². The molecule has 1 amide bonds. The molecule has 146 valence electrons. The van der Waals surface area contributed by atoms with Gasteiger partial charge in [-0.05, 0) is 54.8 Å². The van der Waals surface area contributed by atoms with Crippen LogP contribution in [0, 0.1) is 17.7 Å². The van der Waals surface area contributed by atoms with E-state index in [1.54, 1.807) is 4.90 Å². The van der Waals surface area contributed by atoms with Crippen LogP contribution in [0.25, 0.3) is 0 Å². The van der Waals surface area contributed by atoms with E-state index in [1.807, 2.05) is 24.3 Å². The number of amides is 1. The van der Waals surface area contributed by atoms with Gasteiger partial charge in [0.25, 0.3) is 0 Å². The molecule has 1 saturated heterocycles. The molecule has 0 unspecified atom stereocenters. The highest BCUT2D eigenvalue weighted by Gasteiger charge is 2.19. The fourth-order valence-electron chi connectivity index (χ4n) is 2.95. The van der Waals surface area contributed by atoms with Crippen molar-refractivity contribution in [1.82, 2.24) is 4.72 Å². The second kappa shape index (κ2) is 9.00. The van der Waals surface area contributed by atoms with E-state index in [0.717, 1.165) is 30.6 Å². The van der Waals surface area contributed by atoms with Crippen molar-refractivity contribution < 1.29 is 17.6 Å². The molecule has 2 aromatic carbocycles. The van der Waals surface area contributed by atoms with Gasteiger partial charge in [0.2, 0.25) is 15.9 Å². The Bertz CT molecular complexity index is 991. The molecule has 1 aliphatic rings. The summed E-state index contributed by atoms with van der Waals surface area (Å²) in [5.41, 5.74) is 2.10. The third kappa shape index (κ3) is 5.65. The van der Waals surface area contributed by atoms with E-state index in [0.29, 0.717) is 12.0 Å². The largest absolute Gasteiger partial charge is 0.312 e. The Morgan fingerprint density at radius 2 is 1.75 bits per heavy atom. The molecule has 1 fully saturated rings. The molecule has 0 aromatic heterocycles. The Balaban J connectivity index is 1.54. The van der Waals surface area contributed by atoms with E-state index >= 15 is 0 Å². The number of nitrogens with zero attached hydrogens (tertiary/aromatic N) is 1. The second-order valence-electron chi connectivity index (χ2n) is 6.56. The van der Waals surface area contributed by atoms with Crippen LogP contribution in [-0.4, -0.2) is 27.4 Å². The van der Waals surface area contributed by atoms with Gasteiger partial charge in [-0.3, -0.25) is 4.79 Å². The van der Waals surface area contributed by atoms with Gasteiger partial charge in [0.1, 0.15) is 5.82 Å². The molecule has 1 aliphatic heterocycles. The summed E-state index contributed by atoms with van der Waals surface area (Å²) in [6.07, 6.45) is 2.53. The van der Waals surface area contributed by atoms with Crippen LogP contribution in [0.3, 0.4) is 0 Å². The number of nitrogens with one attached hydrogen (secondary N) is 1. The van der Waals surface area contributed by atoms with Gasteiger partial charge in [-0.15, -0.1) is 0 Å². The van der Waals surface area contributed by atoms with Gasteiger partial charge in [-0.2, -0.15) is 0 Å². The molecule has 1 N–H and O–H groups in total. The van der Waals surface area contributed by atoms with Crippen molar-refractivity contribution in [3.05, 3.63) is 65.5 Å². The number of hydrogen-bond acceptors (Lipinski definition) is 3. The lowest BCUT2D eigenvalue weighted by atomic mass is 10.1. The first-order chi connectivity index (χ1) is 13.4. The molecule has 0 atom stereocenters. The number of halogens is 1. The average Bonchev–Trinajstić information content (AvgIpc) is 2.68. The number of anilines is 1. The van der Waals surface area contributed by atoms with E-state index in [9.17, 15) is 17.6 Å². The minimum Gasteiger partial charge on any atom is -0.312 e. The van der Waals surface area contributed by atoms with E-state index < -0.39 is 15.8 Å². The number of piperidine rings is 1. The fraction of sp³-hybridized carbons (Fsp3) is 0.286. The standard InChI is InChI=1S/C21H21FN2O3S/c22-19-10-6-18(7-11-19)16-28(26,27)23-14-3-4-17-8-12-20(13-9-17)24-15-2-1-5-21(24)25/h6-13,23H,1-2,5,14-16H2. The molecule has 7 heteroatoms. The summed E-state index contributed by atoms with van der Waals surface area (Å²) in [5.74, 6) is 5.18. The Labute approximate surface area is 164 Å². The van der Waals surface area contributed by atoms with Crippen molar-refractivity contribution in [3.63, 3.8) is 0 Å². The van der Waals surface area contributed by atoms with Gasteiger partial charge in [-0.1, -0.05) is 24.0 Å². The lowest BCUT2D eigenvalue weighted by molar-refractivity contribution is -0.119. The smallest absolute Gasteiger partial charge is 0.226 e. The van der Waals surface area contributed by atoms with Crippen molar-refractivity contribution >= 4 is 21.6 Å². The molecule has 0 radical (unpaired) electrons. The van der Waals surface area contributed by atoms with Gasteiger partial charge in [0.05, 0.1) is 12.3 Å². The van der Waals surface area contributed by atoms with Crippen molar-refractivity contribution in [2.24, 2.45) is 0 Å². The second-order valence-corrected chi connectivity index (χ2v) is 8.36. The third-order valence-electron chi connectivity index (χ3n) is 4.39. The molecule has 3 rings (SSSR count). The zero-order valence-electron chi connectivity index (χ0n) is 15.3. The molecule has 0 bridgehead atoms. The average molecular weight is 400 g/mol. The summed E-state index contributed by atoms with van der Waals surface area (Å²) in [4.78, 5) is 13.7. The van der Waals surface area contributed by atoms with Crippen LogP contribution < -0.4 is 9.62 Å². The molecule has 0 spiro atoms. The fourth-order valence-corrected chi connectivity index (χ4v) is 3.97. The zero-order valence-corrected chi connectivity index (χ0v) is 16.1. The normalized spacial score (nSPS) is 14.5. The quantitative estimate of drug-likeness (QED) is 0.785. The molecular formula is C21H21FN2O3S. The molecular weight excluding hydrogens is 379 g/mol. The highest BCUT2D eigenvalue weighted by molar-refractivity contribution is 7.88. The first-order valence-electron chi connectivity index (χ1n) is 9.04. The first kappa shape index (κ1) is 20.1. The minimum absolute atomic E-state index is 0.0180. The van der Waals surface area contributed by atoms with Crippen LogP contribution in [0.4, 0.5) is 10.1 Å². The number of benzene rings is 2. The maximum atomic E-state index is 12.9. The summed E-state index contributed by atoms with van der Waals surface area (Å²) >= 11 is 0. The van der Waals surface area contributed by atoms with Crippen molar-refractivity contribution in [2.75, 3.05) is 18.0 Å². The Hall–Kier alpha value is -2.69. The van der Waals surface area contributed by atoms with E-state index in [1.165, 1.54) is 24.3 Å². The number of carbonyl (C=O) groups is 1. The lowest BCUT2D eigenvalue weighted by Gasteiger charge is -2.26. The number of hydrogen-bond donors (Lipinski definition) is 1. The van der Waals surface area contributed by atoms with Gasteiger partial charge < -0.3 is 4.90 Å². The van der Waals surface area contributed by atoms with Crippen molar-refractivity contribution in [3.8, 4) is 11.8 Å². The Kier molecular flexibility index (Phi) is 6.45. The monoisotopic (exact) mass is 400 g/mol. The molecule has 0 aliphatic carbocycles. The molecule has 0 saturated carbocycles. The molecule has 5 nitrogen and oxygen atoms in total. The lowest BCUT2D eigenvalue weighted by Crippen LogP contribution is -2.35. The maximum absolute atomic E-state index is 12.9. The van der Waals surface area contributed by atoms with Crippen molar-refractivity contribution in [2.45, 2.75) is 25.0 Å². The Morgan fingerprint density at radius 3 is 2.43 bits per heavy atom. The van der Waals surface area contributed by atoms with Crippen LogP contribution in [0.5, 0.6) is 0 Å². The first-order valence-corrected chi connectivity index (χ1v) is 10.7. The van der Waals surface area contributed by atoms with E-state index in [2.05, 4.69) is 16.6 Å². The summed E-state index contributed by atoms with van der Waals surface area (Å²) in [5, 5.41) is 0. The van der Waals surface area contributed by atoms with Crippen LogP contribution >= 0.6 is 0 Å². The van der Waals surface area contributed by atoms with Gasteiger partial charge in [0.15, 0.2) is 0 Å². The number of carbonyl (C=O) groups excluding carboxylic acids is 1. The van der Waals surface area contributed by atoms with Crippen LogP contribution in [-0.2, 0) is 20.6 Å². The van der Waals surface area contributed by atoms with Gasteiger partial charge in [-0.25, -0.2) is 17.5 Å². The molecule has 1 heterocycles. The number of rotatable bonds is 5. The summed E-state index contributed by atoms with van der Waals surface area (Å²) in [6, 6.07) is 12.7. The minimum atomic E-state index is -3.55. The highest BCUT2D eigenvalue weighted by atomic mass is 32.2. The van der Waals surface area contributed by atoms with Gasteiger partial charge >= 0.3 is 0 Å². The summed E-state index contributed by atoms with van der Waals surface area (Å²) < 4.78 is 39.4. The third-order valence-corrected chi connectivity index (χ3v) is 5.68. The van der Waals surface area contributed by atoms with E-state index in [4.69, 9.17) is 0 Å². The zero-order chi connectivity index (χ0) is 20.0. The Morgan fingerprint density at radius 1 is 1.04 bits per heavy atom.